The number of carboxylic acid groups (broad SMARTS) is 1. The van der Waals surface area contributed by atoms with Crippen molar-refractivity contribution in [3.05, 3.63) is 47.5 Å². The first-order chi connectivity index (χ1) is 9.13. The highest BCUT2D eigenvalue weighted by atomic mass is 35.5. The molecule has 1 N–H and O–H groups in total. The predicted octanol–water partition coefficient (Wildman–Crippen LogP) is 2.94. The lowest BCUT2D eigenvalue weighted by atomic mass is 10.3. The summed E-state index contributed by atoms with van der Waals surface area (Å²) < 4.78 is 5.51. The maximum absolute atomic E-state index is 10.4. The van der Waals surface area contributed by atoms with Crippen LogP contribution in [-0.4, -0.2) is 21.0 Å². The van der Waals surface area contributed by atoms with Crippen molar-refractivity contribution in [2.24, 2.45) is 0 Å². The Morgan fingerprint density at radius 3 is 2.37 bits per heavy atom. The zero-order valence-electron chi connectivity index (χ0n) is 9.91. The van der Waals surface area contributed by atoms with Crippen LogP contribution < -0.4 is 4.74 Å². The number of carboxylic acids is 1. The average Bonchev–Trinajstić information content (AvgIpc) is 2.40. The Hall–Kier alpha value is -2.14. The number of aromatic nitrogens is 2. The lowest BCUT2D eigenvalue weighted by Crippen LogP contribution is -2.01. The fourth-order valence-electron chi connectivity index (χ4n) is 1.38. The third kappa shape index (κ3) is 4.22. The van der Waals surface area contributed by atoms with Gasteiger partial charge in [0.1, 0.15) is 11.6 Å². The van der Waals surface area contributed by atoms with Crippen LogP contribution in [0.5, 0.6) is 11.5 Å². The molecular formula is C13H11ClN2O3. The monoisotopic (exact) mass is 278 g/mol. The largest absolute Gasteiger partial charge is 0.481 e. The molecule has 0 saturated heterocycles. The predicted molar refractivity (Wildman–Crippen MR) is 69.5 cm³/mol. The number of rotatable bonds is 5. The molecular weight excluding hydrogens is 268 g/mol. The molecule has 2 rings (SSSR count). The average molecular weight is 279 g/mol. The summed E-state index contributed by atoms with van der Waals surface area (Å²) in [6, 6.07) is 6.92. The number of benzene rings is 1. The third-order valence-electron chi connectivity index (χ3n) is 2.29. The highest BCUT2D eigenvalue weighted by Crippen LogP contribution is 2.21. The van der Waals surface area contributed by atoms with E-state index in [-0.39, 0.29) is 6.42 Å². The van der Waals surface area contributed by atoms with Crippen LogP contribution in [0.2, 0.25) is 5.02 Å². The summed E-state index contributed by atoms with van der Waals surface area (Å²) in [4.78, 5) is 18.5. The van der Waals surface area contributed by atoms with Crippen molar-refractivity contribution in [1.82, 2.24) is 9.97 Å². The van der Waals surface area contributed by atoms with Gasteiger partial charge in [-0.05, 0) is 24.3 Å². The Kier molecular flexibility index (Phi) is 4.30. The molecule has 0 unspecified atom stereocenters. The molecule has 6 heteroatoms. The zero-order chi connectivity index (χ0) is 13.7. The van der Waals surface area contributed by atoms with Crippen LogP contribution in [-0.2, 0) is 11.2 Å². The van der Waals surface area contributed by atoms with Gasteiger partial charge in [0.2, 0.25) is 0 Å². The maximum Gasteiger partial charge on any atom is 0.303 e. The molecule has 0 aliphatic heterocycles. The number of hydrogen-bond donors (Lipinski definition) is 1. The molecule has 0 fully saturated rings. The second-order valence-corrected chi connectivity index (χ2v) is 4.22. The molecule has 0 radical (unpaired) electrons. The van der Waals surface area contributed by atoms with E-state index in [1.807, 2.05) is 0 Å². The van der Waals surface area contributed by atoms with Gasteiger partial charge >= 0.3 is 5.97 Å². The van der Waals surface area contributed by atoms with E-state index in [4.69, 9.17) is 21.4 Å². The Morgan fingerprint density at radius 1 is 1.16 bits per heavy atom. The fourth-order valence-corrected chi connectivity index (χ4v) is 1.51. The van der Waals surface area contributed by atoms with E-state index in [0.29, 0.717) is 28.8 Å². The summed E-state index contributed by atoms with van der Waals surface area (Å²) in [6.07, 6.45) is 3.34. The molecule has 1 aromatic heterocycles. The summed E-state index contributed by atoms with van der Waals surface area (Å²) >= 11 is 5.77. The minimum Gasteiger partial charge on any atom is -0.481 e. The van der Waals surface area contributed by atoms with Crippen molar-refractivity contribution in [1.29, 1.82) is 0 Å². The van der Waals surface area contributed by atoms with Crippen LogP contribution in [0.1, 0.15) is 12.2 Å². The van der Waals surface area contributed by atoms with Gasteiger partial charge in [0.15, 0.2) is 5.75 Å². The summed E-state index contributed by atoms with van der Waals surface area (Å²) in [5.41, 5.74) is 0. The van der Waals surface area contributed by atoms with Gasteiger partial charge in [-0.2, -0.15) is 0 Å². The lowest BCUT2D eigenvalue weighted by molar-refractivity contribution is -0.137. The number of carbonyl (C=O) groups is 1. The number of hydrogen-bond acceptors (Lipinski definition) is 4. The second-order valence-electron chi connectivity index (χ2n) is 3.78. The topological polar surface area (TPSA) is 72.3 Å². The van der Waals surface area contributed by atoms with E-state index in [1.165, 1.54) is 12.4 Å². The smallest absolute Gasteiger partial charge is 0.303 e. The number of aliphatic carboxylic acids is 1. The van der Waals surface area contributed by atoms with Crippen molar-refractivity contribution < 1.29 is 14.6 Å². The van der Waals surface area contributed by atoms with Crippen molar-refractivity contribution >= 4 is 17.6 Å². The van der Waals surface area contributed by atoms with Gasteiger partial charge in [-0.25, -0.2) is 9.97 Å². The van der Waals surface area contributed by atoms with E-state index in [0.717, 1.165) is 0 Å². The quantitative estimate of drug-likeness (QED) is 0.910. The maximum atomic E-state index is 10.4. The van der Waals surface area contributed by atoms with Crippen molar-refractivity contribution in [3.63, 3.8) is 0 Å². The van der Waals surface area contributed by atoms with Gasteiger partial charge in [0.25, 0.3) is 0 Å². The molecule has 0 aliphatic carbocycles. The SMILES string of the molecule is O=C(O)CCc1ncc(Oc2ccc(Cl)cc2)cn1. The van der Waals surface area contributed by atoms with Crippen molar-refractivity contribution in [2.75, 3.05) is 0 Å². The fraction of sp³-hybridized carbons (Fsp3) is 0.154. The van der Waals surface area contributed by atoms with Crippen molar-refractivity contribution in [3.8, 4) is 11.5 Å². The normalized spacial score (nSPS) is 10.2. The summed E-state index contributed by atoms with van der Waals surface area (Å²) in [7, 11) is 0. The first-order valence-electron chi connectivity index (χ1n) is 5.59. The van der Waals surface area contributed by atoms with Crippen LogP contribution in [0, 0.1) is 0 Å². The number of halogens is 1. The van der Waals surface area contributed by atoms with Crippen LogP contribution in [0.3, 0.4) is 0 Å². The zero-order valence-corrected chi connectivity index (χ0v) is 10.7. The van der Waals surface area contributed by atoms with E-state index >= 15 is 0 Å². The molecule has 98 valence electrons. The molecule has 1 heterocycles. The van der Waals surface area contributed by atoms with Gasteiger partial charge in [0.05, 0.1) is 18.8 Å². The van der Waals surface area contributed by atoms with Crippen LogP contribution >= 0.6 is 11.6 Å². The van der Waals surface area contributed by atoms with Gasteiger partial charge in [0, 0.05) is 11.4 Å². The summed E-state index contributed by atoms with van der Waals surface area (Å²) in [5, 5.41) is 9.19. The lowest BCUT2D eigenvalue weighted by Gasteiger charge is -2.05. The van der Waals surface area contributed by atoms with Crippen LogP contribution in [0.25, 0.3) is 0 Å². The Balaban J connectivity index is 1.98. The van der Waals surface area contributed by atoms with Crippen LogP contribution in [0.15, 0.2) is 36.7 Å². The molecule has 2 aromatic rings. The molecule has 1 aromatic carbocycles. The first kappa shape index (κ1) is 13.3. The molecule has 5 nitrogen and oxygen atoms in total. The van der Waals surface area contributed by atoms with E-state index in [2.05, 4.69) is 9.97 Å². The van der Waals surface area contributed by atoms with E-state index < -0.39 is 5.97 Å². The molecule has 0 spiro atoms. The molecule has 0 saturated carbocycles. The van der Waals surface area contributed by atoms with Crippen molar-refractivity contribution in [2.45, 2.75) is 12.8 Å². The molecule has 0 amide bonds. The highest BCUT2D eigenvalue weighted by molar-refractivity contribution is 6.30. The molecule has 0 atom stereocenters. The Labute approximate surface area is 114 Å². The standard InChI is InChI=1S/C13H11ClN2O3/c14-9-1-3-10(4-2-9)19-11-7-15-12(16-8-11)5-6-13(17)18/h1-4,7-8H,5-6H2,(H,17,18). The molecule has 0 aliphatic rings. The van der Waals surface area contributed by atoms with Gasteiger partial charge in [-0.15, -0.1) is 0 Å². The highest BCUT2D eigenvalue weighted by Gasteiger charge is 2.03. The minimum atomic E-state index is -0.870. The summed E-state index contributed by atoms with van der Waals surface area (Å²) in [6.45, 7) is 0. The summed E-state index contributed by atoms with van der Waals surface area (Å²) in [5.74, 6) is 0.726. The Morgan fingerprint density at radius 2 is 1.79 bits per heavy atom. The van der Waals surface area contributed by atoms with Gasteiger partial charge < -0.3 is 9.84 Å². The van der Waals surface area contributed by atoms with E-state index in [1.54, 1.807) is 24.3 Å². The Bertz CT molecular complexity index is 555. The number of aryl methyl sites for hydroxylation is 1. The molecule has 19 heavy (non-hydrogen) atoms. The third-order valence-corrected chi connectivity index (χ3v) is 2.55. The van der Waals surface area contributed by atoms with Crippen LogP contribution in [0.4, 0.5) is 0 Å². The number of ether oxygens (including phenoxy) is 1. The molecule has 0 bridgehead atoms. The second kappa shape index (κ2) is 6.15. The minimum absolute atomic E-state index is 0.0113. The first-order valence-corrected chi connectivity index (χ1v) is 5.97. The number of nitrogens with zero attached hydrogens (tertiary/aromatic N) is 2. The van der Waals surface area contributed by atoms with Gasteiger partial charge in [-0.1, -0.05) is 11.6 Å². The van der Waals surface area contributed by atoms with E-state index in [9.17, 15) is 4.79 Å². The van der Waals surface area contributed by atoms with Gasteiger partial charge in [-0.3, -0.25) is 4.79 Å².